The van der Waals surface area contributed by atoms with Gasteiger partial charge in [-0.3, -0.25) is 25.3 Å². The van der Waals surface area contributed by atoms with Crippen LogP contribution in [-0.4, -0.2) is 59.8 Å². The van der Waals surface area contributed by atoms with Crippen LogP contribution < -0.4 is 0 Å². The highest BCUT2D eigenvalue weighted by Gasteiger charge is 2.24. The van der Waals surface area contributed by atoms with E-state index in [1.807, 2.05) is 77.9 Å². The van der Waals surface area contributed by atoms with Gasteiger partial charge in [-0.2, -0.15) is 0 Å². The summed E-state index contributed by atoms with van der Waals surface area (Å²) in [5.41, 5.74) is 0. The maximum atomic E-state index is 13.3. The van der Waals surface area contributed by atoms with Crippen LogP contribution in [0.5, 0.6) is 0 Å². The van der Waals surface area contributed by atoms with Crippen molar-refractivity contribution >= 4 is 97.1 Å². The van der Waals surface area contributed by atoms with Gasteiger partial charge in [0, 0.05) is 34.5 Å². The second-order valence-corrected chi connectivity index (χ2v) is 19.6. The molecular formula is C30H36O6S6. The lowest BCUT2D eigenvalue weighted by Crippen LogP contribution is -2.07. The van der Waals surface area contributed by atoms with E-state index in [1.165, 1.54) is 0 Å². The van der Waals surface area contributed by atoms with Crippen molar-refractivity contribution in [3.63, 3.8) is 0 Å². The summed E-state index contributed by atoms with van der Waals surface area (Å²) in [6.45, 7) is 10.9. The maximum Gasteiger partial charge on any atom is 0.0555 e. The largest absolute Gasteiger partial charge is 0.254 e. The minimum absolute atomic E-state index is 0.349. The monoisotopic (exact) mass is 684 g/mol. The quantitative estimate of drug-likeness (QED) is 0.172. The van der Waals surface area contributed by atoms with Crippen LogP contribution in [0.4, 0.5) is 0 Å². The van der Waals surface area contributed by atoms with Gasteiger partial charge in [0.1, 0.15) is 0 Å². The molecule has 0 aromatic heterocycles. The molecule has 0 aliphatic carbocycles. The number of hydrogen-bond donors (Lipinski definition) is 0. The summed E-state index contributed by atoms with van der Waals surface area (Å²) < 4.78 is 79.5. The molecule has 0 heterocycles. The molecule has 228 valence electrons. The van der Waals surface area contributed by atoms with Crippen LogP contribution in [-0.2, 0) is 64.8 Å². The van der Waals surface area contributed by atoms with E-state index in [-0.39, 0.29) is 0 Å². The molecule has 0 fully saturated rings. The summed E-state index contributed by atoms with van der Waals surface area (Å²) in [4.78, 5) is 2.95. The minimum atomic E-state index is -1.40. The first-order valence-electron chi connectivity index (χ1n) is 13.9. The van der Waals surface area contributed by atoms with Gasteiger partial charge in [-0.1, -0.05) is 41.5 Å². The first-order chi connectivity index (χ1) is 20.1. The minimum Gasteiger partial charge on any atom is -0.254 e. The van der Waals surface area contributed by atoms with Gasteiger partial charge >= 0.3 is 0 Å². The van der Waals surface area contributed by atoms with Crippen molar-refractivity contribution in [1.29, 1.82) is 0 Å². The second kappa shape index (κ2) is 14.1. The zero-order valence-corrected chi connectivity index (χ0v) is 29.5. The Hall–Kier alpha value is -1.44. The zero-order valence-electron chi connectivity index (χ0n) is 24.6. The zero-order chi connectivity index (χ0) is 30.9. The van der Waals surface area contributed by atoms with Gasteiger partial charge in [-0.15, -0.1) is 0 Å². The average Bonchev–Trinajstić information content (AvgIpc) is 3.04. The Morgan fingerprint density at radius 3 is 0.524 bits per heavy atom. The predicted molar refractivity (Wildman–Crippen MR) is 181 cm³/mol. The van der Waals surface area contributed by atoms with Crippen molar-refractivity contribution in [3.05, 3.63) is 36.4 Å². The normalized spacial score (nSPS) is 16.4. The second-order valence-electron chi connectivity index (χ2n) is 9.34. The molecule has 0 spiro atoms. The van der Waals surface area contributed by atoms with Gasteiger partial charge in [-0.05, 0) is 68.7 Å². The van der Waals surface area contributed by atoms with Gasteiger partial charge in [0.15, 0.2) is 0 Å². The number of hydrogen-bond acceptors (Lipinski definition) is 6. The molecular weight excluding hydrogens is 649 g/mol. The molecule has 0 aliphatic rings. The van der Waals surface area contributed by atoms with E-state index in [1.54, 1.807) is 0 Å². The van der Waals surface area contributed by atoms with E-state index in [9.17, 15) is 25.3 Å². The fourth-order valence-corrected chi connectivity index (χ4v) is 11.8. The van der Waals surface area contributed by atoms with Crippen LogP contribution in [0, 0.1) is 0 Å². The summed E-state index contributed by atoms with van der Waals surface area (Å²) in [7, 11) is -8.40. The molecule has 0 bridgehead atoms. The van der Waals surface area contributed by atoms with Gasteiger partial charge in [0.05, 0.1) is 94.2 Å². The van der Waals surface area contributed by atoms with Gasteiger partial charge in [0.2, 0.25) is 0 Å². The Kier molecular flexibility index (Phi) is 11.2. The molecule has 0 aliphatic heterocycles. The van der Waals surface area contributed by atoms with E-state index < -0.39 is 64.8 Å². The van der Waals surface area contributed by atoms with Crippen LogP contribution in [0.1, 0.15) is 41.5 Å². The Morgan fingerprint density at radius 2 is 0.429 bits per heavy atom. The summed E-state index contributed by atoms with van der Waals surface area (Å²) in [6.07, 6.45) is 0. The molecule has 6 atom stereocenters. The lowest BCUT2D eigenvalue weighted by atomic mass is 9.94. The molecule has 0 amide bonds. The molecule has 0 radical (unpaired) electrons. The lowest BCUT2D eigenvalue weighted by molar-refractivity contribution is 0.675. The van der Waals surface area contributed by atoms with Crippen molar-refractivity contribution in [3.8, 4) is 0 Å². The van der Waals surface area contributed by atoms with Crippen molar-refractivity contribution in [2.75, 3.05) is 34.5 Å². The van der Waals surface area contributed by atoms with Gasteiger partial charge < -0.3 is 0 Å². The first kappa shape index (κ1) is 33.5. The predicted octanol–water partition coefficient (Wildman–Crippen LogP) is 5.91. The van der Waals surface area contributed by atoms with Crippen LogP contribution in [0.15, 0.2) is 65.8 Å². The highest BCUT2D eigenvalue weighted by molar-refractivity contribution is 7.89. The van der Waals surface area contributed by atoms with E-state index >= 15 is 0 Å². The van der Waals surface area contributed by atoms with Crippen molar-refractivity contribution in [1.82, 2.24) is 0 Å². The standard InChI is InChI=1S/C30H36O6S6/c1-7-37(31)25-13-19-20(14-26(25)38(32)8-2)22-16-28(40(34)10-4)30(42(36)12-6)18-24(22)23-17-29(41(35)11-5)27(15-21(19)23)39(33)9-3/h13-18H,7-12H2,1-6H3. The third-order valence-corrected chi connectivity index (χ3v) is 15.7. The number of rotatable bonds is 12. The fraction of sp³-hybridized carbons (Fsp3) is 0.400. The van der Waals surface area contributed by atoms with E-state index in [2.05, 4.69) is 0 Å². The van der Waals surface area contributed by atoms with Crippen LogP contribution in [0.2, 0.25) is 0 Å². The van der Waals surface area contributed by atoms with Crippen molar-refractivity contribution < 1.29 is 25.3 Å². The van der Waals surface area contributed by atoms with E-state index in [0.29, 0.717) is 63.9 Å². The lowest BCUT2D eigenvalue weighted by Gasteiger charge is -2.19. The maximum absolute atomic E-state index is 13.3. The summed E-state index contributed by atoms with van der Waals surface area (Å²) in [6, 6.07) is 10.9. The number of benzene rings is 4. The molecule has 12 heteroatoms. The van der Waals surface area contributed by atoms with Crippen LogP contribution in [0.25, 0.3) is 32.3 Å². The molecule has 6 unspecified atom stereocenters. The average molecular weight is 685 g/mol. The third kappa shape index (κ3) is 6.08. The van der Waals surface area contributed by atoms with Crippen LogP contribution >= 0.6 is 0 Å². The molecule has 42 heavy (non-hydrogen) atoms. The van der Waals surface area contributed by atoms with Crippen molar-refractivity contribution in [2.24, 2.45) is 0 Å². The Labute approximate surface area is 262 Å². The van der Waals surface area contributed by atoms with Gasteiger partial charge in [-0.25, -0.2) is 0 Å². The molecule has 6 nitrogen and oxygen atoms in total. The highest BCUT2D eigenvalue weighted by atomic mass is 32.2. The third-order valence-electron chi connectivity index (χ3n) is 7.17. The molecule has 0 saturated carbocycles. The fourth-order valence-electron chi connectivity index (χ4n) is 5.02. The topological polar surface area (TPSA) is 102 Å². The summed E-state index contributed by atoms with van der Waals surface area (Å²) in [5.74, 6) is 2.09. The van der Waals surface area contributed by atoms with E-state index in [0.717, 1.165) is 32.3 Å². The Balaban J connectivity index is 2.39. The highest BCUT2D eigenvalue weighted by Crippen LogP contribution is 2.42. The molecule has 4 aromatic carbocycles. The molecule has 0 saturated heterocycles. The molecule has 4 aromatic rings. The Morgan fingerprint density at radius 1 is 0.310 bits per heavy atom. The van der Waals surface area contributed by atoms with Gasteiger partial charge in [0.25, 0.3) is 0 Å². The van der Waals surface area contributed by atoms with E-state index in [4.69, 9.17) is 0 Å². The summed E-state index contributed by atoms with van der Waals surface area (Å²) >= 11 is 0. The Bertz CT molecular complexity index is 1490. The van der Waals surface area contributed by atoms with Crippen molar-refractivity contribution in [2.45, 2.75) is 70.9 Å². The number of fused-ring (bicyclic) bond motifs is 6. The SMILES string of the molecule is CCS(=O)c1cc2c3cc(S(=O)CC)c(S(=O)CC)cc3c3cc(S(=O)CC)c(S(=O)CC)cc3c2cc1S(=O)CC. The summed E-state index contributed by atoms with van der Waals surface area (Å²) in [5, 5.41) is 4.37. The molecule has 0 N–H and O–H groups in total. The van der Waals surface area contributed by atoms with Crippen LogP contribution in [0.3, 0.4) is 0 Å². The first-order valence-corrected chi connectivity index (χ1v) is 21.8. The molecule has 4 rings (SSSR count). The smallest absolute Gasteiger partial charge is 0.0555 e.